The zero-order valence-corrected chi connectivity index (χ0v) is 13.3. The van der Waals surface area contributed by atoms with Gasteiger partial charge in [-0.1, -0.05) is 40.9 Å². The number of anilines is 1. The average molecular weight is 334 g/mol. The van der Waals surface area contributed by atoms with Gasteiger partial charge in [0, 0.05) is 40.6 Å². The Bertz CT molecular complexity index is 614. The normalized spacial score (nSPS) is 22.9. The molecular weight excluding hydrogens is 314 g/mol. The van der Waals surface area contributed by atoms with E-state index in [4.69, 9.17) is 5.73 Å². The molecule has 0 spiro atoms. The van der Waals surface area contributed by atoms with Crippen molar-refractivity contribution in [3.63, 3.8) is 0 Å². The topological polar surface area (TPSA) is 42.2 Å². The van der Waals surface area contributed by atoms with E-state index < -0.39 is 0 Å². The Balaban J connectivity index is 2.03. The highest BCUT2D eigenvalue weighted by Crippen LogP contribution is 2.32. The molecule has 1 aliphatic carbocycles. The molecule has 106 valence electrons. The Kier molecular flexibility index (Phi) is 3.94. The number of hydrogen-bond acceptors (Lipinski definition) is 3. The molecule has 2 N–H and O–H groups in total. The van der Waals surface area contributed by atoms with Crippen LogP contribution in [0, 0.1) is 0 Å². The van der Waals surface area contributed by atoms with Crippen molar-refractivity contribution in [3.8, 4) is 0 Å². The highest BCUT2D eigenvalue weighted by molar-refractivity contribution is 9.10. The number of fused-ring (bicyclic) bond motifs is 1. The molecule has 0 radical (unpaired) electrons. The van der Waals surface area contributed by atoms with Crippen LogP contribution >= 0.6 is 15.9 Å². The molecule has 0 amide bonds. The molecule has 3 rings (SSSR count). The van der Waals surface area contributed by atoms with Crippen molar-refractivity contribution in [2.24, 2.45) is 5.73 Å². The van der Waals surface area contributed by atoms with E-state index in [2.05, 4.69) is 57.1 Å². The highest BCUT2D eigenvalue weighted by atomic mass is 79.9. The molecule has 1 saturated carbocycles. The summed E-state index contributed by atoms with van der Waals surface area (Å²) in [5, 5.41) is 2.39. The molecular formula is C16H20BrN3. The molecule has 1 heterocycles. The lowest BCUT2D eigenvalue weighted by Crippen LogP contribution is -2.48. The van der Waals surface area contributed by atoms with Crippen molar-refractivity contribution < 1.29 is 0 Å². The smallest absolute Gasteiger partial charge is 0.136 e. The SMILES string of the molecule is CN(c1nccc2c(Br)cccc12)C1CCCCC1N. The summed E-state index contributed by atoms with van der Waals surface area (Å²) in [5.74, 6) is 1.03. The number of rotatable bonds is 2. The van der Waals surface area contributed by atoms with Crippen molar-refractivity contribution in [1.82, 2.24) is 4.98 Å². The van der Waals surface area contributed by atoms with E-state index in [1.807, 2.05) is 6.20 Å². The van der Waals surface area contributed by atoms with Gasteiger partial charge in [0.05, 0.1) is 0 Å². The molecule has 1 fully saturated rings. The Morgan fingerprint density at radius 1 is 1.20 bits per heavy atom. The highest BCUT2D eigenvalue weighted by Gasteiger charge is 2.27. The molecule has 3 nitrogen and oxygen atoms in total. The fourth-order valence-corrected chi connectivity index (χ4v) is 3.71. The number of likely N-dealkylation sites (N-methyl/N-ethyl adjacent to an activating group) is 1. The molecule has 1 aromatic carbocycles. The van der Waals surface area contributed by atoms with E-state index >= 15 is 0 Å². The van der Waals surface area contributed by atoms with Crippen LogP contribution in [0.5, 0.6) is 0 Å². The fourth-order valence-electron chi connectivity index (χ4n) is 3.21. The predicted octanol–water partition coefficient (Wildman–Crippen LogP) is 3.70. The van der Waals surface area contributed by atoms with Crippen LogP contribution in [0.2, 0.25) is 0 Å². The van der Waals surface area contributed by atoms with Crippen molar-refractivity contribution in [1.29, 1.82) is 0 Å². The summed E-state index contributed by atoms with van der Waals surface area (Å²) in [4.78, 5) is 6.88. The zero-order valence-electron chi connectivity index (χ0n) is 11.7. The van der Waals surface area contributed by atoms with Gasteiger partial charge >= 0.3 is 0 Å². The number of nitrogens with zero attached hydrogens (tertiary/aromatic N) is 2. The predicted molar refractivity (Wildman–Crippen MR) is 88.1 cm³/mol. The maximum atomic E-state index is 6.31. The summed E-state index contributed by atoms with van der Waals surface area (Å²) in [6.45, 7) is 0. The number of aromatic nitrogens is 1. The minimum Gasteiger partial charge on any atom is -0.355 e. The van der Waals surface area contributed by atoms with Gasteiger partial charge < -0.3 is 10.6 Å². The fraction of sp³-hybridized carbons (Fsp3) is 0.438. The Morgan fingerprint density at radius 3 is 2.80 bits per heavy atom. The third kappa shape index (κ3) is 2.42. The first-order valence-corrected chi connectivity index (χ1v) is 7.99. The molecule has 1 aliphatic rings. The van der Waals surface area contributed by atoms with Crippen LogP contribution in [0.1, 0.15) is 25.7 Å². The molecule has 0 saturated heterocycles. The first kappa shape index (κ1) is 13.8. The van der Waals surface area contributed by atoms with Gasteiger partial charge in [0.15, 0.2) is 0 Å². The Hall–Kier alpha value is -1.13. The first-order valence-electron chi connectivity index (χ1n) is 7.20. The van der Waals surface area contributed by atoms with E-state index in [0.29, 0.717) is 6.04 Å². The number of benzene rings is 1. The standard InChI is InChI=1S/C16H20BrN3/c1-20(15-8-3-2-7-14(15)18)16-12-5-4-6-13(17)11(12)9-10-19-16/h4-6,9-10,14-15H,2-3,7-8,18H2,1H3. The van der Waals surface area contributed by atoms with Crippen LogP contribution in [-0.4, -0.2) is 24.1 Å². The van der Waals surface area contributed by atoms with Crippen LogP contribution in [-0.2, 0) is 0 Å². The van der Waals surface area contributed by atoms with Gasteiger partial charge in [0.2, 0.25) is 0 Å². The average Bonchev–Trinajstić information content (AvgIpc) is 2.47. The summed E-state index contributed by atoms with van der Waals surface area (Å²) < 4.78 is 1.11. The second kappa shape index (κ2) is 5.70. The molecule has 2 aromatic rings. The lowest BCUT2D eigenvalue weighted by Gasteiger charge is -2.37. The van der Waals surface area contributed by atoms with E-state index in [9.17, 15) is 0 Å². The lowest BCUT2D eigenvalue weighted by molar-refractivity contribution is 0.373. The summed E-state index contributed by atoms with van der Waals surface area (Å²) in [7, 11) is 2.12. The van der Waals surface area contributed by atoms with Gasteiger partial charge in [0.1, 0.15) is 5.82 Å². The van der Waals surface area contributed by atoms with Crippen LogP contribution in [0.4, 0.5) is 5.82 Å². The third-order valence-corrected chi connectivity index (χ3v) is 5.04. The van der Waals surface area contributed by atoms with E-state index in [0.717, 1.165) is 23.1 Å². The monoisotopic (exact) mass is 333 g/mol. The van der Waals surface area contributed by atoms with Gasteiger partial charge in [-0.15, -0.1) is 0 Å². The van der Waals surface area contributed by atoms with E-state index in [1.54, 1.807) is 0 Å². The first-order chi connectivity index (χ1) is 9.68. The van der Waals surface area contributed by atoms with Crippen molar-refractivity contribution in [2.75, 3.05) is 11.9 Å². The summed E-state index contributed by atoms with van der Waals surface area (Å²) in [6.07, 6.45) is 6.66. The second-order valence-electron chi connectivity index (χ2n) is 5.60. The van der Waals surface area contributed by atoms with Crippen LogP contribution in [0.3, 0.4) is 0 Å². The molecule has 1 aromatic heterocycles. The number of halogens is 1. The van der Waals surface area contributed by atoms with E-state index in [-0.39, 0.29) is 6.04 Å². The van der Waals surface area contributed by atoms with E-state index in [1.165, 1.54) is 23.6 Å². The van der Waals surface area contributed by atoms with Crippen LogP contribution < -0.4 is 10.6 Å². The largest absolute Gasteiger partial charge is 0.355 e. The lowest BCUT2D eigenvalue weighted by atomic mass is 9.90. The third-order valence-electron chi connectivity index (χ3n) is 4.34. The van der Waals surface area contributed by atoms with Crippen molar-refractivity contribution in [3.05, 3.63) is 34.9 Å². The molecule has 2 atom stereocenters. The van der Waals surface area contributed by atoms with Crippen LogP contribution in [0.25, 0.3) is 10.8 Å². The van der Waals surface area contributed by atoms with Crippen molar-refractivity contribution >= 4 is 32.5 Å². The van der Waals surface area contributed by atoms with Gasteiger partial charge in [-0.05, 0) is 25.0 Å². The summed E-state index contributed by atoms with van der Waals surface area (Å²) in [5.41, 5.74) is 6.31. The maximum Gasteiger partial charge on any atom is 0.136 e. The minimum absolute atomic E-state index is 0.248. The summed E-state index contributed by atoms with van der Waals surface area (Å²) >= 11 is 3.62. The van der Waals surface area contributed by atoms with Crippen LogP contribution in [0.15, 0.2) is 34.9 Å². The summed E-state index contributed by atoms with van der Waals surface area (Å²) in [6, 6.07) is 8.95. The van der Waals surface area contributed by atoms with Gasteiger partial charge in [-0.25, -0.2) is 4.98 Å². The van der Waals surface area contributed by atoms with Gasteiger partial charge in [-0.3, -0.25) is 0 Å². The Morgan fingerprint density at radius 2 is 2.00 bits per heavy atom. The number of nitrogens with two attached hydrogens (primary N) is 1. The van der Waals surface area contributed by atoms with Gasteiger partial charge in [-0.2, -0.15) is 0 Å². The molecule has 4 heteroatoms. The molecule has 2 unspecified atom stereocenters. The molecule has 20 heavy (non-hydrogen) atoms. The quantitative estimate of drug-likeness (QED) is 0.910. The molecule has 0 aliphatic heterocycles. The number of hydrogen-bond donors (Lipinski definition) is 1. The maximum absolute atomic E-state index is 6.31. The molecule has 0 bridgehead atoms. The van der Waals surface area contributed by atoms with Gasteiger partial charge in [0.25, 0.3) is 0 Å². The number of pyridine rings is 1. The second-order valence-corrected chi connectivity index (χ2v) is 6.45. The zero-order chi connectivity index (χ0) is 14.1. The minimum atomic E-state index is 0.248. The Labute approximate surface area is 128 Å². The van der Waals surface area contributed by atoms with Crippen molar-refractivity contribution in [2.45, 2.75) is 37.8 Å².